The minimum absolute atomic E-state index is 0.0855. The van der Waals surface area contributed by atoms with Gasteiger partial charge in [-0.15, -0.1) is 0 Å². The number of ether oxygens (including phenoxy) is 1. The average molecular weight is 550 g/mol. The van der Waals surface area contributed by atoms with Gasteiger partial charge in [0.2, 0.25) is 11.9 Å². The summed E-state index contributed by atoms with van der Waals surface area (Å²) < 4.78 is 37.0. The Labute approximate surface area is 231 Å². The number of fused-ring (bicyclic) bond motifs is 1. The van der Waals surface area contributed by atoms with Gasteiger partial charge in [0.15, 0.2) is 0 Å². The summed E-state index contributed by atoms with van der Waals surface area (Å²) in [4.78, 5) is 20.4. The molecule has 4 atom stereocenters. The molecule has 1 fully saturated rings. The van der Waals surface area contributed by atoms with Gasteiger partial charge in [0.25, 0.3) is 0 Å². The molecule has 210 valence electrons. The Kier molecular flexibility index (Phi) is 7.66. The highest BCUT2D eigenvalue weighted by atomic mass is 19.1. The predicted molar refractivity (Wildman–Crippen MR) is 148 cm³/mol. The highest BCUT2D eigenvalue weighted by Gasteiger charge is 2.35. The van der Waals surface area contributed by atoms with Crippen molar-refractivity contribution < 1.29 is 18.3 Å². The fourth-order valence-corrected chi connectivity index (χ4v) is 5.55. The summed E-state index contributed by atoms with van der Waals surface area (Å²) in [7, 11) is 0. The number of carbonyl (C=O) groups is 1. The minimum Gasteiger partial charge on any atom is -0.491 e. The van der Waals surface area contributed by atoms with E-state index in [0.29, 0.717) is 17.9 Å². The molecule has 4 aromatic rings. The van der Waals surface area contributed by atoms with Gasteiger partial charge < -0.3 is 21.1 Å². The van der Waals surface area contributed by atoms with Crippen LogP contribution in [0.2, 0.25) is 0 Å². The maximum absolute atomic E-state index is 15.0. The van der Waals surface area contributed by atoms with Gasteiger partial charge in [-0.1, -0.05) is 6.92 Å². The van der Waals surface area contributed by atoms with Gasteiger partial charge in [-0.2, -0.15) is 9.61 Å². The van der Waals surface area contributed by atoms with E-state index >= 15 is 0 Å². The van der Waals surface area contributed by atoms with Crippen LogP contribution < -0.4 is 21.1 Å². The quantitative estimate of drug-likeness (QED) is 0.299. The number of halogens is 2. The number of anilines is 2. The van der Waals surface area contributed by atoms with E-state index in [-0.39, 0.29) is 52.9 Å². The van der Waals surface area contributed by atoms with Gasteiger partial charge in [-0.3, -0.25) is 9.78 Å². The highest BCUT2D eigenvalue weighted by Crippen LogP contribution is 2.39. The topological polar surface area (TPSA) is 119 Å². The molecule has 11 heteroatoms. The third-order valence-corrected chi connectivity index (χ3v) is 7.23. The fourth-order valence-electron chi connectivity index (χ4n) is 5.55. The van der Waals surface area contributed by atoms with Crippen molar-refractivity contribution in [3.8, 4) is 17.0 Å². The summed E-state index contributed by atoms with van der Waals surface area (Å²) in [5.41, 5.74) is 8.74. The first-order valence-corrected chi connectivity index (χ1v) is 13.3. The second kappa shape index (κ2) is 11.2. The van der Waals surface area contributed by atoms with E-state index in [1.807, 2.05) is 6.07 Å². The third kappa shape index (κ3) is 5.60. The number of hydrogen-bond donors (Lipinski definition) is 3. The summed E-state index contributed by atoms with van der Waals surface area (Å²) in [5, 5.41) is 10.8. The number of benzene rings is 1. The average Bonchev–Trinajstić information content (AvgIpc) is 3.27. The van der Waals surface area contributed by atoms with Gasteiger partial charge in [-0.05, 0) is 62.3 Å². The fraction of sp³-hybridized carbons (Fsp3) is 0.379. The Bertz CT molecular complexity index is 1510. The zero-order chi connectivity index (χ0) is 28.6. The van der Waals surface area contributed by atoms with E-state index in [2.05, 4.69) is 32.6 Å². The number of rotatable bonds is 7. The van der Waals surface area contributed by atoms with E-state index in [1.165, 1.54) is 11.4 Å². The van der Waals surface area contributed by atoms with Gasteiger partial charge in [-0.25, -0.2) is 13.8 Å². The number of imidazole rings is 1. The van der Waals surface area contributed by atoms with Crippen LogP contribution in [0.3, 0.4) is 0 Å². The number of amides is 1. The molecule has 0 unspecified atom stereocenters. The molecule has 0 aliphatic heterocycles. The highest BCUT2D eigenvalue weighted by molar-refractivity contribution is 5.73. The lowest BCUT2D eigenvalue weighted by molar-refractivity contribution is -0.120. The number of nitrogens with zero attached hydrogens (tertiary/aromatic N) is 4. The summed E-state index contributed by atoms with van der Waals surface area (Å²) >= 11 is 0. The molecule has 0 radical (unpaired) electrons. The normalized spacial score (nSPS) is 21.0. The zero-order valence-electron chi connectivity index (χ0n) is 22.9. The minimum atomic E-state index is -0.771. The first-order valence-electron chi connectivity index (χ1n) is 13.3. The maximum Gasteiger partial charge on any atom is 0.229 e. The maximum atomic E-state index is 15.0. The van der Waals surface area contributed by atoms with Gasteiger partial charge in [0.05, 0.1) is 41.0 Å². The lowest BCUT2D eigenvalue weighted by Crippen LogP contribution is -2.54. The molecule has 0 saturated heterocycles. The summed E-state index contributed by atoms with van der Waals surface area (Å²) in [6.07, 6.45) is 6.36. The Balaban J connectivity index is 1.44. The van der Waals surface area contributed by atoms with Crippen LogP contribution in [0.25, 0.3) is 16.8 Å². The molecule has 3 heterocycles. The summed E-state index contributed by atoms with van der Waals surface area (Å²) in [5.74, 6) is -0.837. The van der Waals surface area contributed by atoms with Gasteiger partial charge in [0.1, 0.15) is 17.4 Å². The Morgan fingerprint density at radius 3 is 2.58 bits per heavy atom. The molecule has 1 saturated carbocycles. The smallest absolute Gasteiger partial charge is 0.229 e. The van der Waals surface area contributed by atoms with E-state index in [9.17, 15) is 13.6 Å². The van der Waals surface area contributed by atoms with E-state index in [0.717, 1.165) is 29.8 Å². The molecule has 1 aromatic carbocycles. The van der Waals surface area contributed by atoms with Crippen LogP contribution in [0.5, 0.6) is 5.75 Å². The number of carbonyl (C=O) groups excluding carboxylic acids is 1. The molecule has 0 bridgehead atoms. The van der Waals surface area contributed by atoms with E-state index in [1.54, 1.807) is 44.6 Å². The van der Waals surface area contributed by atoms with Crippen molar-refractivity contribution in [3.63, 3.8) is 0 Å². The van der Waals surface area contributed by atoms with Crippen LogP contribution in [0.4, 0.5) is 20.4 Å². The number of nitrogens with one attached hydrogen (secondary N) is 2. The number of hydrogen-bond acceptors (Lipinski definition) is 7. The second-order valence-corrected chi connectivity index (χ2v) is 10.7. The van der Waals surface area contributed by atoms with Gasteiger partial charge in [0, 0.05) is 37.3 Å². The van der Waals surface area contributed by atoms with Crippen LogP contribution in [0, 0.1) is 17.6 Å². The molecule has 1 aliphatic carbocycles. The first-order chi connectivity index (χ1) is 19.1. The Hall–Kier alpha value is -4.12. The first kappa shape index (κ1) is 27.4. The van der Waals surface area contributed by atoms with E-state index < -0.39 is 11.6 Å². The van der Waals surface area contributed by atoms with Crippen molar-refractivity contribution in [2.45, 2.75) is 64.6 Å². The zero-order valence-corrected chi connectivity index (χ0v) is 22.9. The van der Waals surface area contributed by atoms with Crippen molar-refractivity contribution in [2.75, 3.05) is 5.32 Å². The molecule has 40 heavy (non-hydrogen) atoms. The predicted octanol–water partition coefficient (Wildman–Crippen LogP) is 4.95. The molecule has 3 aromatic heterocycles. The number of aromatic nitrogens is 4. The second-order valence-electron chi connectivity index (χ2n) is 10.7. The molecule has 9 nitrogen and oxygen atoms in total. The molecular weight excluding hydrogens is 516 g/mol. The van der Waals surface area contributed by atoms with Crippen LogP contribution in [-0.2, 0) is 4.79 Å². The molecule has 4 N–H and O–H groups in total. The number of nitrogens with two attached hydrogens (primary N) is 1. The Morgan fingerprint density at radius 2 is 1.90 bits per heavy atom. The van der Waals surface area contributed by atoms with Crippen molar-refractivity contribution in [1.82, 2.24) is 24.9 Å². The lowest BCUT2D eigenvalue weighted by Gasteiger charge is -2.39. The third-order valence-electron chi connectivity index (χ3n) is 7.23. The number of pyridine rings is 1. The molecule has 5 rings (SSSR count). The van der Waals surface area contributed by atoms with Crippen molar-refractivity contribution in [1.29, 1.82) is 0 Å². The van der Waals surface area contributed by atoms with Crippen LogP contribution in [0.15, 0.2) is 48.9 Å². The van der Waals surface area contributed by atoms with Crippen molar-refractivity contribution >= 4 is 23.1 Å². The van der Waals surface area contributed by atoms with Crippen molar-refractivity contribution in [2.24, 2.45) is 11.7 Å². The molecule has 1 aliphatic rings. The molecule has 1 amide bonds. The standard InChI is InChI=1S/C29H33F2N7O2/c1-15(2)40-20-11-22(30)27(23(31)12-20)25-6-5-19-13-34-29(38(19)37-25)36-26-14-33-8-7-21(26)18-9-16(3)28(24(32)10-18)35-17(4)39/h5-8,11-16,18,24,28H,9-10,32H2,1-4H3,(H,34,36)(H,35,39)/t16-,18+,24+,28-/m0/s1. The lowest BCUT2D eigenvalue weighted by atomic mass is 9.73. The molecule has 0 spiro atoms. The van der Waals surface area contributed by atoms with Crippen LogP contribution in [-0.4, -0.2) is 43.7 Å². The van der Waals surface area contributed by atoms with Crippen LogP contribution >= 0.6 is 0 Å². The molecular formula is C29H33F2N7O2. The van der Waals surface area contributed by atoms with E-state index in [4.69, 9.17) is 10.5 Å². The van der Waals surface area contributed by atoms with Gasteiger partial charge >= 0.3 is 0 Å². The monoisotopic (exact) mass is 549 g/mol. The Morgan fingerprint density at radius 1 is 1.15 bits per heavy atom. The summed E-state index contributed by atoms with van der Waals surface area (Å²) in [6, 6.07) is 7.24. The van der Waals surface area contributed by atoms with Crippen LogP contribution in [0.1, 0.15) is 52.0 Å². The van der Waals surface area contributed by atoms with Crippen molar-refractivity contribution in [3.05, 3.63) is 66.1 Å². The SMILES string of the molecule is CC(=O)N[C@@H]1[C@H](N)C[C@H](c2ccncc2Nc2ncc3ccc(-c4c(F)cc(OC(C)C)cc4F)nn23)C[C@@H]1C. The largest absolute Gasteiger partial charge is 0.491 e. The summed E-state index contributed by atoms with van der Waals surface area (Å²) in [6.45, 7) is 7.16.